The first kappa shape index (κ1) is 14.6. The number of fused-ring (bicyclic) bond motifs is 1. The van der Waals surface area contributed by atoms with Gasteiger partial charge >= 0.3 is 0 Å². The van der Waals surface area contributed by atoms with Gasteiger partial charge in [0.1, 0.15) is 0 Å². The van der Waals surface area contributed by atoms with Crippen molar-refractivity contribution in [3.63, 3.8) is 0 Å². The molecule has 1 aromatic heterocycles. The first-order valence-electron chi connectivity index (χ1n) is 6.22. The number of carbonyl (C=O) groups is 1. The van der Waals surface area contributed by atoms with E-state index >= 15 is 0 Å². The maximum Gasteiger partial charge on any atom is 0.270 e. The number of carbonyl (C=O) groups excluding carboxylic acids is 1. The van der Waals surface area contributed by atoms with Crippen LogP contribution in [0.1, 0.15) is 10.4 Å². The monoisotopic (exact) mass is 334 g/mol. The van der Waals surface area contributed by atoms with Crippen molar-refractivity contribution in [3.05, 3.63) is 62.1 Å². The molecule has 0 unspecified atom stereocenters. The highest BCUT2D eigenvalue weighted by molar-refractivity contribution is 6.36. The maximum absolute atomic E-state index is 11.5. The van der Waals surface area contributed by atoms with Gasteiger partial charge in [0.15, 0.2) is 6.29 Å². The van der Waals surface area contributed by atoms with Crippen LogP contribution in [-0.2, 0) is 0 Å². The van der Waals surface area contributed by atoms with Gasteiger partial charge in [-0.3, -0.25) is 14.9 Å². The number of aldehydes is 1. The van der Waals surface area contributed by atoms with Crippen LogP contribution >= 0.6 is 23.2 Å². The number of nitrogens with one attached hydrogen (secondary N) is 1. The van der Waals surface area contributed by atoms with Crippen molar-refractivity contribution < 1.29 is 9.72 Å². The van der Waals surface area contributed by atoms with Gasteiger partial charge in [-0.1, -0.05) is 23.2 Å². The second kappa shape index (κ2) is 5.44. The van der Waals surface area contributed by atoms with Crippen molar-refractivity contribution in [2.24, 2.45) is 0 Å². The van der Waals surface area contributed by atoms with E-state index < -0.39 is 4.92 Å². The number of hydrogen-bond donors (Lipinski definition) is 1. The maximum atomic E-state index is 11.5. The van der Waals surface area contributed by atoms with Crippen molar-refractivity contribution in [1.82, 2.24) is 4.98 Å². The Balaban J connectivity index is 2.30. The zero-order chi connectivity index (χ0) is 15.9. The van der Waals surface area contributed by atoms with Gasteiger partial charge in [0.05, 0.1) is 15.6 Å². The molecule has 3 aromatic rings. The predicted molar refractivity (Wildman–Crippen MR) is 85.8 cm³/mol. The molecule has 110 valence electrons. The van der Waals surface area contributed by atoms with Gasteiger partial charge in [0, 0.05) is 39.2 Å². The van der Waals surface area contributed by atoms with E-state index in [1.807, 2.05) is 0 Å². The Morgan fingerprint density at radius 2 is 1.91 bits per heavy atom. The standard InChI is InChI=1S/C15H8Cl2N2O3/c16-8-1-3-10(13(17)5-8)15-12(7-20)11-6-9(19(21)22)2-4-14(11)18-15/h1-7,18H. The highest BCUT2D eigenvalue weighted by Gasteiger charge is 2.17. The van der Waals surface area contributed by atoms with Gasteiger partial charge in [-0.2, -0.15) is 0 Å². The van der Waals surface area contributed by atoms with Crippen LogP contribution in [0, 0.1) is 10.1 Å². The quantitative estimate of drug-likeness (QED) is 0.422. The second-order valence-electron chi connectivity index (χ2n) is 4.64. The van der Waals surface area contributed by atoms with E-state index in [2.05, 4.69) is 4.98 Å². The van der Waals surface area contributed by atoms with Crippen LogP contribution < -0.4 is 0 Å². The van der Waals surface area contributed by atoms with Crippen LogP contribution in [0.15, 0.2) is 36.4 Å². The van der Waals surface area contributed by atoms with Crippen LogP contribution in [-0.4, -0.2) is 16.2 Å². The normalized spacial score (nSPS) is 10.8. The van der Waals surface area contributed by atoms with Crippen LogP contribution in [0.3, 0.4) is 0 Å². The number of nitro groups is 1. The SMILES string of the molecule is O=Cc1c(-c2ccc(Cl)cc2Cl)[nH]c2ccc([N+](=O)[O-])cc12. The zero-order valence-corrected chi connectivity index (χ0v) is 12.5. The minimum Gasteiger partial charge on any atom is -0.354 e. The molecule has 0 amide bonds. The van der Waals surface area contributed by atoms with Crippen molar-refractivity contribution >= 4 is 46.1 Å². The number of H-pyrrole nitrogens is 1. The average molecular weight is 335 g/mol. The lowest BCUT2D eigenvalue weighted by Crippen LogP contribution is -1.88. The summed E-state index contributed by atoms with van der Waals surface area (Å²) in [5.74, 6) is 0. The molecule has 0 aliphatic rings. The number of nitro benzene ring substituents is 1. The Morgan fingerprint density at radius 1 is 1.14 bits per heavy atom. The zero-order valence-electron chi connectivity index (χ0n) is 11.0. The lowest BCUT2D eigenvalue weighted by atomic mass is 10.1. The Morgan fingerprint density at radius 3 is 2.55 bits per heavy atom. The molecular weight excluding hydrogens is 327 g/mol. The van der Waals surface area contributed by atoms with Crippen LogP contribution in [0.25, 0.3) is 22.2 Å². The molecule has 7 heteroatoms. The molecule has 22 heavy (non-hydrogen) atoms. The van der Waals surface area contributed by atoms with Crippen LogP contribution in [0.4, 0.5) is 5.69 Å². The summed E-state index contributed by atoms with van der Waals surface area (Å²) in [6, 6.07) is 9.22. The fourth-order valence-corrected chi connectivity index (χ4v) is 2.84. The molecule has 0 saturated carbocycles. The first-order chi connectivity index (χ1) is 10.5. The summed E-state index contributed by atoms with van der Waals surface area (Å²) < 4.78 is 0. The number of halogens is 2. The Bertz CT molecular complexity index is 919. The number of hydrogen-bond acceptors (Lipinski definition) is 3. The summed E-state index contributed by atoms with van der Waals surface area (Å²) in [6.07, 6.45) is 0.656. The molecule has 5 nitrogen and oxygen atoms in total. The fraction of sp³-hybridized carbons (Fsp3) is 0. The van der Waals surface area contributed by atoms with Crippen LogP contribution in [0.2, 0.25) is 10.0 Å². The van der Waals surface area contributed by atoms with E-state index in [1.165, 1.54) is 12.1 Å². The topological polar surface area (TPSA) is 76.0 Å². The summed E-state index contributed by atoms with van der Waals surface area (Å²) in [5.41, 5.74) is 1.97. The minimum atomic E-state index is -0.504. The molecule has 0 saturated heterocycles. The number of benzene rings is 2. The molecule has 1 heterocycles. The van der Waals surface area contributed by atoms with Gasteiger partial charge in [0.2, 0.25) is 0 Å². The van der Waals surface area contributed by atoms with Crippen LogP contribution in [0.5, 0.6) is 0 Å². The van der Waals surface area contributed by atoms with Crippen molar-refractivity contribution in [2.75, 3.05) is 0 Å². The summed E-state index contributed by atoms with van der Waals surface area (Å²) in [6.45, 7) is 0. The Kier molecular flexibility index (Phi) is 3.60. The third kappa shape index (κ3) is 2.34. The molecule has 1 N–H and O–H groups in total. The minimum absolute atomic E-state index is 0.0802. The molecule has 0 fully saturated rings. The Hall–Kier alpha value is -2.37. The Labute approximate surface area is 134 Å². The average Bonchev–Trinajstić information content (AvgIpc) is 2.84. The van der Waals surface area contributed by atoms with Gasteiger partial charge in [-0.15, -0.1) is 0 Å². The van der Waals surface area contributed by atoms with E-state index in [0.717, 1.165) is 0 Å². The fourth-order valence-electron chi connectivity index (χ4n) is 2.34. The van der Waals surface area contributed by atoms with E-state index in [4.69, 9.17) is 23.2 Å². The first-order valence-corrected chi connectivity index (χ1v) is 6.97. The van der Waals surface area contributed by atoms with Gasteiger partial charge in [-0.05, 0) is 24.3 Å². The van der Waals surface area contributed by atoms with Gasteiger partial charge in [-0.25, -0.2) is 0 Å². The van der Waals surface area contributed by atoms with Crippen molar-refractivity contribution in [3.8, 4) is 11.3 Å². The van der Waals surface area contributed by atoms with E-state index in [1.54, 1.807) is 24.3 Å². The second-order valence-corrected chi connectivity index (χ2v) is 5.49. The molecule has 2 aromatic carbocycles. The third-order valence-electron chi connectivity index (χ3n) is 3.35. The molecule has 0 aliphatic carbocycles. The summed E-state index contributed by atoms with van der Waals surface area (Å²) in [5, 5.41) is 12.2. The highest BCUT2D eigenvalue weighted by Crippen LogP contribution is 2.35. The largest absolute Gasteiger partial charge is 0.354 e. The van der Waals surface area contributed by atoms with E-state index in [9.17, 15) is 14.9 Å². The molecule has 3 rings (SSSR count). The lowest BCUT2D eigenvalue weighted by Gasteiger charge is -2.03. The highest BCUT2D eigenvalue weighted by atomic mass is 35.5. The summed E-state index contributed by atoms with van der Waals surface area (Å²) in [4.78, 5) is 24.9. The van der Waals surface area contributed by atoms with Crippen molar-refractivity contribution in [1.29, 1.82) is 0 Å². The predicted octanol–water partition coefficient (Wildman–Crippen LogP) is 4.86. The lowest BCUT2D eigenvalue weighted by molar-refractivity contribution is -0.384. The number of nitrogens with zero attached hydrogens (tertiary/aromatic N) is 1. The number of non-ortho nitro benzene ring substituents is 1. The summed E-state index contributed by atoms with van der Waals surface area (Å²) in [7, 11) is 0. The van der Waals surface area contributed by atoms with E-state index in [0.29, 0.717) is 44.1 Å². The molecular formula is C15H8Cl2N2O3. The molecule has 0 radical (unpaired) electrons. The molecule has 0 atom stereocenters. The third-order valence-corrected chi connectivity index (χ3v) is 3.90. The molecule has 0 aliphatic heterocycles. The number of aromatic nitrogens is 1. The molecule has 0 spiro atoms. The smallest absolute Gasteiger partial charge is 0.270 e. The number of aromatic amines is 1. The van der Waals surface area contributed by atoms with Gasteiger partial charge < -0.3 is 4.98 Å². The van der Waals surface area contributed by atoms with Crippen molar-refractivity contribution in [2.45, 2.75) is 0 Å². The van der Waals surface area contributed by atoms with E-state index in [-0.39, 0.29) is 5.69 Å². The molecule has 0 bridgehead atoms. The van der Waals surface area contributed by atoms with Gasteiger partial charge in [0.25, 0.3) is 5.69 Å². The summed E-state index contributed by atoms with van der Waals surface area (Å²) >= 11 is 12.0. The number of rotatable bonds is 3.